The second kappa shape index (κ2) is 9.65. The van der Waals surface area contributed by atoms with Crippen LogP contribution < -0.4 is 4.90 Å². The summed E-state index contributed by atoms with van der Waals surface area (Å²) in [5, 5.41) is 0. The molecule has 1 nitrogen and oxygen atoms in total. The number of fused-ring (bicyclic) bond motifs is 3. The Balaban J connectivity index is 1.46. The lowest BCUT2D eigenvalue weighted by atomic mass is 9.67. The zero-order chi connectivity index (χ0) is 26.2. The van der Waals surface area contributed by atoms with Gasteiger partial charge < -0.3 is 4.90 Å². The molecule has 0 unspecified atom stereocenters. The molecule has 7 rings (SSSR count). The first kappa shape index (κ1) is 23.6. The van der Waals surface area contributed by atoms with E-state index < -0.39 is 5.41 Å². The van der Waals surface area contributed by atoms with E-state index in [0.717, 1.165) is 22.0 Å². The van der Waals surface area contributed by atoms with Gasteiger partial charge in [0, 0.05) is 22.0 Å². The van der Waals surface area contributed by atoms with Gasteiger partial charge in [-0.25, -0.2) is 0 Å². The molecule has 0 bridgehead atoms. The van der Waals surface area contributed by atoms with Crippen LogP contribution in [0.3, 0.4) is 0 Å². The van der Waals surface area contributed by atoms with Crippen LogP contribution in [0.2, 0.25) is 0 Å². The minimum Gasteiger partial charge on any atom is -0.311 e. The van der Waals surface area contributed by atoms with E-state index in [1.54, 1.807) is 0 Å². The third kappa shape index (κ3) is 3.79. The Morgan fingerprint density at radius 1 is 0.410 bits per heavy atom. The molecule has 0 aromatic heterocycles. The van der Waals surface area contributed by atoms with Crippen molar-refractivity contribution in [3.05, 3.63) is 180 Å². The van der Waals surface area contributed by atoms with Crippen LogP contribution in [0.1, 0.15) is 22.3 Å². The number of nitrogens with zero attached hydrogens (tertiary/aromatic N) is 1. The molecule has 6 aromatic rings. The Hall–Kier alpha value is -4.53. The lowest BCUT2D eigenvalue weighted by molar-refractivity contribution is 0.765. The van der Waals surface area contributed by atoms with E-state index in [0.29, 0.717) is 0 Å². The van der Waals surface area contributed by atoms with E-state index in [1.165, 1.54) is 33.4 Å². The molecule has 0 aliphatic heterocycles. The second-order valence-corrected chi connectivity index (χ2v) is 10.5. The fraction of sp³-hybridized carbons (Fsp3) is 0.0270. The van der Waals surface area contributed by atoms with Gasteiger partial charge in [-0.3, -0.25) is 0 Å². The fourth-order valence-electron chi connectivity index (χ4n) is 6.22. The first-order valence-corrected chi connectivity index (χ1v) is 13.7. The summed E-state index contributed by atoms with van der Waals surface area (Å²) in [6, 6.07) is 56.5. The molecule has 0 amide bonds. The molecule has 0 fully saturated rings. The van der Waals surface area contributed by atoms with Crippen LogP contribution in [0.5, 0.6) is 0 Å². The van der Waals surface area contributed by atoms with Crippen molar-refractivity contribution < 1.29 is 0 Å². The van der Waals surface area contributed by atoms with Crippen molar-refractivity contribution in [2.75, 3.05) is 4.90 Å². The first-order valence-electron chi connectivity index (χ1n) is 13.3. The molecule has 0 saturated carbocycles. The molecule has 0 radical (unpaired) electrons. The monoisotopic (exact) mass is 517 g/mol. The van der Waals surface area contributed by atoms with Crippen molar-refractivity contribution in [2.24, 2.45) is 0 Å². The van der Waals surface area contributed by atoms with Gasteiger partial charge in [-0.05, 0) is 81.9 Å². The number of thiol groups is 1. The predicted octanol–water partition coefficient (Wildman–Crippen LogP) is 9.81. The highest BCUT2D eigenvalue weighted by Gasteiger charge is 2.45. The smallest absolute Gasteiger partial charge is 0.0713 e. The van der Waals surface area contributed by atoms with Crippen LogP contribution >= 0.6 is 12.6 Å². The van der Waals surface area contributed by atoms with Gasteiger partial charge in [-0.15, -0.1) is 12.6 Å². The topological polar surface area (TPSA) is 3.24 Å². The van der Waals surface area contributed by atoms with Crippen LogP contribution in [0.15, 0.2) is 163 Å². The lowest BCUT2D eigenvalue weighted by Gasteiger charge is -2.34. The standard InChI is InChI=1S/C37H27NS/c39-32-17-11-12-28(26-32)37(35-20-9-7-18-33(35)34-19-8-10-21-36(34)37)27-22-24-31(25-23-27)38(29-13-3-1-4-14-29)30-15-5-2-6-16-30/h1-26,39H. The molecule has 0 N–H and O–H groups in total. The summed E-state index contributed by atoms with van der Waals surface area (Å²) in [7, 11) is 0. The van der Waals surface area contributed by atoms with Crippen LogP contribution in [0.25, 0.3) is 11.1 Å². The Kier molecular flexibility index (Phi) is 5.83. The Bertz CT molecular complexity index is 1670. The summed E-state index contributed by atoms with van der Waals surface area (Å²) in [6.45, 7) is 0. The molecule has 6 aromatic carbocycles. The molecule has 39 heavy (non-hydrogen) atoms. The molecule has 0 saturated heterocycles. The first-order chi connectivity index (χ1) is 19.3. The largest absolute Gasteiger partial charge is 0.311 e. The number of hydrogen-bond donors (Lipinski definition) is 1. The van der Waals surface area contributed by atoms with Crippen LogP contribution in [0, 0.1) is 0 Å². The zero-order valence-electron chi connectivity index (χ0n) is 21.4. The maximum atomic E-state index is 4.75. The summed E-state index contributed by atoms with van der Waals surface area (Å²) in [6.07, 6.45) is 0. The molecule has 0 heterocycles. The molecule has 1 aliphatic rings. The molecule has 0 spiro atoms. The predicted molar refractivity (Wildman–Crippen MR) is 166 cm³/mol. The highest BCUT2D eigenvalue weighted by molar-refractivity contribution is 7.80. The third-order valence-corrected chi connectivity index (χ3v) is 8.10. The zero-order valence-corrected chi connectivity index (χ0v) is 22.3. The van der Waals surface area contributed by atoms with E-state index in [-0.39, 0.29) is 0 Å². The third-order valence-electron chi connectivity index (χ3n) is 7.82. The van der Waals surface area contributed by atoms with Gasteiger partial charge in [0.05, 0.1) is 5.41 Å². The quantitative estimate of drug-likeness (QED) is 0.222. The van der Waals surface area contributed by atoms with E-state index in [4.69, 9.17) is 12.6 Å². The van der Waals surface area contributed by atoms with Crippen molar-refractivity contribution >= 4 is 29.7 Å². The number of para-hydroxylation sites is 2. The summed E-state index contributed by atoms with van der Waals surface area (Å²) in [5.41, 5.74) is 10.6. The Morgan fingerprint density at radius 3 is 1.44 bits per heavy atom. The van der Waals surface area contributed by atoms with E-state index in [1.807, 2.05) is 6.07 Å². The highest BCUT2D eigenvalue weighted by atomic mass is 32.1. The summed E-state index contributed by atoms with van der Waals surface area (Å²) >= 11 is 4.75. The van der Waals surface area contributed by atoms with Crippen molar-refractivity contribution in [1.29, 1.82) is 0 Å². The highest BCUT2D eigenvalue weighted by Crippen LogP contribution is 2.56. The van der Waals surface area contributed by atoms with E-state index in [9.17, 15) is 0 Å². The van der Waals surface area contributed by atoms with Crippen LogP contribution in [0.4, 0.5) is 17.1 Å². The second-order valence-electron chi connectivity index (χ2n) is 9.94. The van der Waals surface area contributed by atoms with Crippen molar-refractivity contribution in [3.63, 3.8) is 0 Å². The minimum atomic E-state index is -0.436. The summed E-state index contributed by atoms with van der Waals surface area (Å²) in [5.74, 6) is 0. The average Bonchev–Trinajstić information content (AvgIpc) is 3.30. The molecule has 2 heteroatoms. The normalized spacial score (nSPS) is 12.9. The number of benzene rings is 6. The van der Waals surface area contributed by atoms with Crippen LogP contribution in [-0.4, -0.2) is 0 Å². The molecule has 1 aliphatic carbocycles. The van der Waals surface area contributed by atoms with E-state index in [2.05, 4.69) is 157 Å². The van der Waals surface area contributed by atoms with Crippen molar-refractivity contribution in [1.82, 2.24) is 0 Å². The number of anilines is 3. The van der Waals surface area contributed by atoms with Crippen LogP contribution in [-0.2, 0) is 5.41 Å². The number of rotatable bonds is 5. The van der Waals surface area contributed by atoms with Gasteiger partial charge in [-0.2, -0.15) is 0 Å². The van der Waals surface area contributed by atoms with Gasteiger partial charge in [0.15, 0.2) is 0 Å². The Labute approximate surface area is 235 Å². The molecule has 0 atom stereocenters. The van der Waals surface area contributed by atoms with Gasteiger partial charge in [-0.1, -0.05) is 109 Å². The van der Waals surface area contributed by atoms with Crippen molar-refractivity contribution in [3.8, 4) is 11.1 Å². The van der Waals surface area contributed by atoms with Gasteiger partial charge >= 0.3 is 0 Å². The molecular weight excluding hydrogens is 490 g/mol. The number of hydrogen-bond acceptors (Lipinski definition) is 2. The summed E-state index contributed by atoms with van der Waals surface area (Å²) < 4.78 is 0. The van der Waals surface area contributed by atoms with Gasteiger partial charge in [0.1, 0.15) is 0 Å². The lowest BCUT2D eigenvalue weighted by Crippen LogP contribution is -2.28. The SMILES string of the molecule is Sc1cccc(C2(c3ccc(N(c4ccccc4)c4ccccc4)cc3)c3ccccc3-c3ccccc32)c1. The Morgan fingerprint density at radius 2 is 0.897 bits per heavy atom. The molecule has 186 valence electrons. The molecular formula is C37H27NS. The average molecular weight is 518 g/mol. The van der Waals surface area contributed by atoms with E-state index >= 15 is 0 Å². The minimum absolute atomic E-state index is 0.436. The summed E-state index contributed by atoms with van der Waals surface area (Å²) in [4.78, 5) is 3.27. The van der Waals surface area contributed by atoms with Crippen molar-refractivity contribution in [2.45, 2.75) is 10.3 Å². The maximum Gasteiger partial charge on any atom is 0.0713 e. The fourth-order valence-corrected chi connectivity index (χ4v) is 6.45. The van der Waals surface area contributed by atoms with Gasteiger partial charge in [0.2, 0.25) is 0 Å². The van der Waals surface area contributed by atoms with Gasteiger partial charge in [0.25, 0.3) is 0 Å². The maximum absolute atomic E-state index is 4.75.